The maximum Gasteiger partial charge on any atom is 0.341 e. The number of alkyl halides is 4. The molecule has 12 heteroatoms. The number of nitrogens with zero attached hydrogens (tertiary/aromatic N) is 2. The van der Waals surface area contributed by atoms with E-state index in [9.17, 15) is 27.2 Å². The molecule has 2 aromatic heterocycles. The molecule has 1 aliphatic rings. The summed E-state index contributed by atoms with van der Waals surface area (Å²) in [6.07, 6.45) is -2.83. The van der Waals surface area contributed by atoms with E-state index in [1.807, 2.05) is 6.92 Å². The molecule has 2 heterocycles. The van der Waals surface area contributed by atoms with Crippen molar-refractivity contribution in [1.82, 2.24) is 9.78 Å². The highest BCUT2D eigenvalue weighted by Gasteiger charge is 2.31. The van der Waals surface area contributed by atoms with Crippen LogP contribution in [0.4, 0.5) is 22.6 Å². The number of fused-ring (bicyclic) bond motifs is 1. The van der Waals surface area contributed by atoms with Crippen molar-refractivity contribution in [3.05, 3.63) is 32.4 Å². The molecule has 1 N–H and O–H groups in total. The summed E-state index contributed by atoms with van der Waals surface area (Å²) in [6, 6.07) is 0. The minimum atomic E-state index is -3.20. The van der Waals surface area contributed by atoms with E-state index in [0.717, 1.165) is 29.7 Å². The first-order chi connectivity index (χ1) is 15.1. The number of aryl methyl sites for hydroxylation is 1. The lowest BCUT2D eigenvalue weighted by Crippen LogP contribution is -2.23. The molecule has 176 valence electrons. The number of nitrogens with one attached hydrogen (secondary N) is 1. The number of thiophene rings is 1. The molecular weight excluding hydrogens is 474 g/mol. The summed E-state index contributed by atoms with van der Waals surface area (Å²) in [6.45, 7) is 2.85. The van der Waals surface area contributed by atoms with Gasteiger partial charge in [0.1, 0.15) is 22.9 Å². The zero-order chi connectivity index (χ0) is 23.6. The van der Waals surface area contributed by atoms with Crippen LogP contribution in [-0.4, -0.2) is 27.8 Å². The highest BCUT2D eigenvalue weighted by molar-refractivity contribution is 7.17. The Hall–Kier alpha value is -2.14. The second kappa shape index (κ2) is 10.2. The van der Waals surface area contributed by atoms with E-state index in [0.29, 0.717) is 17.5 Å². The summed E-state index contributed by atoms with van der Waals surface area (Å²) >= 11 is 6.86. The molecule has 0 aliphatic heterocycles. The van der Waals surface area contributed by atoms with Crippen molar-refractivity contribution in [1.29, 1.82) is 0 Å². The van der Waals surface area contributed by atoms with Crippen molar-refractivity contribution < 1.29 is 31.9 Å². The predicted octanol–water partition coefficient (Wildman–Crippen LogP) is 5.95. The number of hydrogen-bond donors (Lipinski definition) is 1. The number of halogens is 5. The summed E-state index contributed by atoms with van der Waals surface area (Å²) in [5.41, 5.74) is -0.891. The quantitative estimate of drug-likeness (QED) is 0.363. The molecule has 0 fully saturated rings. The van der Waals surface area contributed by atoms with Gasteiger partial charge in [-0.3, -0.25) is 9.48 Å². The number of hydrogen-bond acceptors (Lipinski definition) is 5. The largest absolute Gasteiger partial charge is 0.459 e. The number of esters is 1. The lowest BCUT2D eigenvalue weighted by atomic mass is 9.95. The Morgan fingerprint density at radius 3 is 2.53 bits per heavy atom. The molecule has 0 bridgehead atoms. The van der Waals surface area contributed by atoms with Crippen LogP contribution in [0.5, 0.6) is 0 Å². The van der Waals surface area contributed by atoms with Gasteiger partial charge in [-0.1, -0.05) is 18.5 Å². The number of carbonyl (C=O) groups is 2. The Morgan fingerprint density at radius 1 is 1.22 bits per heavy atom. The average molecular weight is 496 g/mol. The van der Waals surface area contributed by atoms with Gasteiger partial charge < -0.3 is 10.1 Å². The lowest BCUT2D eigenvalue weighted by Gasteiger charge is -2.15. The number of amides is 1. The van der Waals surface area contributed by atoms with Crippen LogP contribution in [0.25, 0.3) is 0 Å². The molecule has 6 nitrogen and oxygen atoms in total. The topological polar surface area (TPSA) is 73.2 Å². The molecule has 2 aromatic rings. The molecule has 0 radical (unpaired) electrons. The molecule has 0 spiro atoms. The van der Waals surface area contributed by atoms with Crippen LogP contribution in [-0.2, 0) is 28.9 Å². The van der Waals surface area contributed by atoms with E-state index < -0.39 is 47.7 Å². The Bertz CT molecular complexity index is 1010. The summed E-state index contributed by atoms with van der Waals surface area (Å²) in [7, 11) is 0. The van der Waals surface area contributed by atoms with Crippen LogP contribution in [0.3, 0.4) is 0 Å². The van der Waals surface area contributed by atoms with Gasteiger partial charge >= 0.3 is 5.97 Å². The summed E-state index contributed by atoms with van der Waals surface area (Å²) in [4.78, 5) is 26.4. The minimum absolute atomic E-state index is 0.251. The number of carbonyl (C=O) groups excluding carboxylic acids is 2. The van der Waals surface area contributed by atoms with Crippen LogP contribution in [0.15, 0.2) is 0 Å². The zero-order valence-corrected chi connectivity index (χ0v) is 19.0. The van der Waals surface area contributed by atoms with Crippen molar-refractivity contribution >= 4 is 39.8 Å². The van der Waals surface area contributed by atoms with E-state index in [1.165, 1.54) is 11.3 Å². The molecular formula is C20H22ClF4N3O3S. The van der Waals surface area contributed by atoms with Crippen molar-refractivity contribution in [3.8, 4) is 0 Å². The van der Waals surface area contributed by atoms with Crippen molar-refractivity contribution in [2.24, 2.45) is 0 Å². The summed E-state index contributed by atoms with van der Waals surface area (Å²) in [5.74, 6) is -1.37. The highest BCUT2D eigenvalue weighted by Crippen LogP contribution is 2.39. The van der Waals surface area contributed by atoms with E-state index >= 15 is 0 Å². The Balaban J connectivity index is 1.88. The van der Waals surface area contributed by atoms with Crippen LogP contribution < -0.4 is 5.32 Å². The van der Waals surface area contributed by atoms with Crippen LogP contribution >= 0.6 is 22.9 Å². The summed E-state index contributed by atoms with van der Waals surface area (Å²) < 4.78 is 58.6. The predicted molar refractivity (Wildman–Crippen MR) is 112 cm³/mol. The third kappa shape index (κ3) is 5.09. The average Bonchev–Trinajstić information content (AvgIpc) is 3.24. The van der Waals surface area contributed by atoms with Gasteiger partial charge in [-0.15, -0.1) is 11.3 Å². The van der Waals surface area contributed by atoms with Gasteiger partial charge in [-0.2, -0.15) is 5.10 Å². The SMILES string of the molecule is CCC(C)OC(=O)c1c(NC(=O)Cn2nc(C(F)F)c(Cl)c2C(F)F)sc2c1CCCC2. The maximum absolute atomic E-state index is 13.3. The molecule has 0 saturated heterocycles. The van der Waals surface area contributed by atoms with Crippen molar-refractivity contribution in [2.45, 2.75) is 71.5 Å². The smallest absolute Gasteiger partial charge is 0.341 e. The van der Waals surface area contributed by atoms with Crippen LogP contribution in [0, 0.1) is 0 Å². The lowest BCUT2D eigenvalue weighted by molar-refractivity contribution is -0.117. The van der Waals surface area contributed by atoms with E-state index in [2.05, 4.69) is 10.4 Å². The molecule has 0 saturated carbocycles. The maximum atomic E-state index is 13.3. The van der Waals surface area contributed by atoms with E-state index in [4.69, 9.17) is 16.3 Å². The van der Waals surface area contributed by atoms with Gasteiger partial charge in [0.05, 0.1) is 16.7 Å². The molecule has 1 unspecified atom stereocenters. The zero-order valence-electron chi connectivity index (χ0n) is 17.4. The first kappa shape index (κ1) is 24.5. The Labute approximate surface area is 190 Å². The Kier molecular flexibility index (Phi) is 7.81. The summed E-state index contributed by atoms with van der Waals surface area (Å²) in [5, 5.41) is 5.33. The fourth-order valence-corrected chi connectivity index (χ4v) is 5.03. The monoisotopic (exact) mass is 495 g/mol. The normalized spacial score (nSPS) is 14.5. The molecule has 1 atom stereocenters. The Morgan fingerprint density at radius 2 is 1.91 bits per heavy atom. The second-order valence-electron chi connectivity index (χ2n) is 7.43. The van der Waals surface area contributed by atoms with Crippen LogP contribution in [0.1, 0.15) is 78.1 Å². The van der Waals surface area contributed by atoms with Gasteiger partial charge in [0, 0.05) is 4.88 Å². The minimum Gasteiger partial charge on any atom is -0.459 e. The third-order valence-electron chi connectivity index (χ3n) is 5.17. The van der Waals surface area contributed by atoms with Gasteiger partial charge in [-0.25, -0.2) is 22.4 Å². The number of rotatable bonds is 8. The molecule has 3 rings (SSSR count). The number of anilines is 1. The van der Waals surface area contributed by atoms with Crippen LogP contribution in [0.2, 0.25) is 5.02 Å². The van der Waals surface area contributed by atoms with E-state index in [1.54, 1.807) is 6.92 Å². The van der Waals surface area contributed by atoms with E-state index in [-0.39, 0.29) is 16.7 Å². The first-order valence-electron chi connectivity index (χ1n) is 10.1. The third-order valence-corrected chi connectivity index (χ3v) is 6.77. The standard InChI is InChI=1S/C20H22ClF4N3O3S/c1-3-9(2)31-20(30)13-10-6-4-5-7-11(10)32-19(13)26-12(29)8-28-16(18(24)25)14(21)15(27-28)17(22)23/h9,17-18H,3-8H2,1-2H3,(H,26,29). The van der Waals surface area contributed by atoms with Gasteiger partial charge in [-0.05, 0) is 44.6 Å². The molecule has 1 amide bonds. The second-order valence-corrected chi connectivity index (χ2v) is 8.91. The fraction of sp³-hybridized carbons (Fsp3) is 0.550. The van der Waals surface area contributed by atoms with Crippen molar-refractivity contribution in [3.63, 3.8) is 0 Å². The molecule has 32 heavy (non-hydrogen) atoms. The van der Waals surface area contributed by atoms with Crippen molar-refractivity contribution in [2.75, 3.05) is 5.32 Å². The highest BCUT2D eigenvalue weighted by atomic mass is 35.5. The fourth-order valence-electron chi connectivity index (χ4n) is 3.44. The number of aromatic nitrogens is 2. The number of ether oxygens (including phenoxy) is 1. The van der Waals surface area contributed by atoms with Gasteiger partial charge in [0.2, 0.25) is 5.91 Å². The molecule has 0 aromatic carbocycles. The first-order valence-corrected chi connectivity index (χ1v) is 11.3. The molecule has 1 aliphatic carbocycles. The van der Waals surface area contributed by atoms with Gasteiger partial charge in [0.25, 0.3) is 12.9 Å². The van der Waals surface area contributed by atoms with Gasteiger partial charge in [0.15, 0.2) is 0 Å².